The molecule has 42 heavy (non-hydrogen) atoms. The largest absolute Gasteiger partial charge is 0.497 e. The second-order valence-corrected chi connectivity index (χ2v) is 12.6. The van der Waals surface area contributed by atoms with Gasteiger partial charge in [0.05, 0.1) is 19.1 Å². The summed E-state index contributed by atoms with van der Waals surface area (Å²) in [7, 11) is -2.09. The summed E-state index contributed by atoms with van der Waals surface area (Å²) in [6.45, 7) is 6.31. The van der Waals surface area contributed by atoms with Gasteiger partial charge in [-0.15, -0.1) is 0 Å². The minimum atomic E-state index is -3.61. The first kappa shape index (κ1) is 32.7. The average Bonchev–Trinajstić information content (AvgIpc) is 2.96. The molecule has 0 bridgehead atoms. The average molecular weight is 594 g/mol. The van der Waals surface area contributed by atoms with E-state index < -0.39 is 16.1 Å². The van der Waals surface area contributed by atoms with Gasteiger partial charge < -0.3 is 15.0 Å². The van der Waals surface area contributed by atoms with Crippen LogP contribution in [-0.2, 0) is 32.6 Å². The van der Waals surface area contributed by atoms with Crippen LogP contribution in [0.5, 0.6) is 5.75 Å². The molecule has 0 aliphatic heterocycles. The highest BCUT2D eigenvalue weighted by Gasteiger charge is 2.31. The molecular weight excluding hydrogens is 550 g/mol. The molecule has 2 atom stereocenters. The van der Waals surface area contributed by atoms with Gasteiger partial charge in [-0.2, -0.15) is 0 Å². The Labute approximate surface area is 250 Å². The minimum absolute atomic E-state index is 0.0436. The Morgan fingerprint density at radius 1 is 0.952 bits per heavy atom. The van der Waals surface area contributed by atoms with Crippen molar-refractivity contribution in [3.05, 3.63) is 95.6 Å². The second-order valence-electron chi connectivity index (χ2n) is 10.7. The van der Waals surface area contributed by atoms with Crippen molar-refractivity contribution in [2.45, 2.75) is 65.1 Å². The van der Waals surface area contributed by atoms with Crippen molar-refractivity contribution in [3.8, 4) is 5.75 Å². The van der Waals surface area contributed by atoms with Crippen LogP contribution in [0, 0.1) is 6.92 Å². The van der Waals surface area contributed by atoms with Gasteiger partial charge in [-0.25, -0.2) is 8.42 Å². The molecule has 8 nitrogen and oxygen atoms in total. The molecule has 0 unspecified atom stereocenters. The summed E-state index contributed by atoms with van der Waals surface area (Å²) in [5.74, 6) is 0.122. The summed E-state index contributed by atoms with van der Waals surface area (Å²) in [5.41, 5.74) is 3.40. The number of ether oxygens (including phenoxy) is 1. The summed E-state index contributed by atoms with van der Waals surface area (Å²) in [6.07, 6.45) is 2.62. The van der Waals surface area contributed by atoms with Gasteiger partial charge >= 0.3 is 0 Å². The number of nitrogens with zero attached hydrogens (tertiary/aromatic N) is 2. The number of benzene rings is 3. The maximum atomic E-state index is 14.0. The fraction of sp³-hybridized carbons (Fsp3) is 0.394. The van der Waals surface area contributed by atoms with Crippen molar-refractivity contribution in [2.75, 3.05) is 24.2 Å². The van der Waals surface area contributed by atoms with Crippen molar-refractivity contribution in [1.82, 2.24) is 10.2 Å². The van der Waals surface area contributed by atoms with Gasteiger partial charge in [-0.3, -0.25) is 13.9 Å². The molecule has 0 radical (unpaired) electrons. The van der Waals surface area contributed by atoms with Crippen LogP contribution in [0.15, 0.2) is 78.9 Å². The van der Waals surface area contributed by atoms with E-state index in [1.165, 1.54) is 11.4 Å². The summed E-state index contributed by atoms with van der Waals surface area (Å²) in [6, 6.07) is 23.6. The molecule has 0 aliphatic rings. The van der Waals surface area contributed by atoms with Gasteiger partial charge in [-0.05, 0) is 49.9 Å². The van der Waals surface area contributed by atoms with Crippen LogP contribution in [-0.4, -0.2) is 57.1 Å². The van der Waals surface area contributed by atoms with Crippen molar-refractivity contribution >= 4 is 27.5 Å². The van der Waals surface area contributed by atoms with Crippen molar-refractivity contribution in [2.24, 2.45) is 0 Å². The lowest BCUT2D eigenvalue weighted by Gasteiger charge is -2.33. The molecule has 0 aromatic heterocycles. The number of aryl methyl sites for hydroxylation is 1. The molecule has 2 amide bonds. The zero-order chi connectivity index (χ0) is 30.7. The molecule has 0 spiro atoms. The van der Waals surface area contributed by atoms with Crippen LogP contribution in [0.25, 0.3) is 0 Å². The van der Waals surface area contributed by atoms with E-state index in [2.05, 4.69) is 5.32 Å². The number of nitrogens with one attached hydrogen (secondary N) is 1. The fourth-order valence-corrected chi connectivity index (χ4v) is 5.73. The minimum Gasteiger partial charge on any atom is -0.497 e. The summed E-state index contributed by atoms with van der Waals surface area (Å²) < 4.78 is 31.9. The van der Waals surface area contributed by atoms with E-state index in [1.807, 2.05) is 75.4 Å². The Morgan fingerprint density at radius 3 is 2.29 bits per heavy atom. The zero-order valence-corrected chi connectivity index (χ0v) is 26.1. The Bertz CT molecular complexity index is 1430. The summed E-state index contributed by atoms with van der Waals surface area (Å²) in [5, 5.41) is 3.08. The van der Waals surface area contributed by atoms with Crippen LogP contribution in [0.4, 0.5) is 5.69 Å². The van der Waals surface area contributed by atoms with E-state index in [1.54, 1.807) is 29.2 Å². The number of hydrogen-bond acceptors (Lipinski definition) is 5. The fourth-order valence-electron chi connectivity index (χ4n) is 4.77. The van der Waals surface area contributed by atoms with Gasteiger partial charge in [0.1, 0.15) is 11.8 Å². The normalized spacial score (nSPS) is 12.7. The third-order valence-electron chi connectivity index (χ3n) is 7.20. The molecule has 0 fully saturated rings. The first-order valence-electron chi connectivity index (χ1n) is 14.3. The molecule has 1 N–H and O–H groups in total. The standard InChI is InChI=1S/C33H43N3O5S/c1-6-26(3)34-33(38)31(22-27-14-8-7-9-15-27)35(24-28-16-10-13-25(2)21-28)32(37)19-12-20-36(42(5,39)40)29-17-11-18-30(23-29)41-4/h7-11,13-18,21,23,26,31H,6,12,19-20,22,24H2,1-5H3,(H,34,38)/t26-,31+/m0/s1. The Kier molecular flexibility index (Phi) is 12.0. The van der Waals surface area contributed by atoms with E-state index in [-0.39, 0.29) is 43.8 Å². The lowest BCUT2D eigenvalue weighted by molar-refractivity contribution is -0.141. The molecule has 3 aromatic carbocycles. The highest BCUT2D eigenvalue weighted by Crippen LogP contribution is 2.24. The summed E-state index contributed by atoms with van der Waals surface area (Å²) in [4.78, 5) is 29.3. The van der Waals surface area contributed by atoms with E-state index >= 15 is 0 Å². The molecule has 3 aromatic rings. The maximum Gasteiger partial charge on any atom is 0.243 e. The number of carbonyl (C=O) groups is 2. The van der Waals surface area contributed by atoms with Gasteiger partial charge in [0, 0.05) is 38.0 Å². The van der Waals surface area contributed by atoms with E-state index in [0.717, 1.165) is 29.4 Å². The Balaban J connectivity index is 1.89. The zero-order valence-electron chi connectivity index (χ0n) is 25.2. The molecular formula is C33H43N3O5S. The topological polar surface area (TPSA) is 96.0 Å². The third kappa shape index (κ3) is 9.62. The smallest absolute Gasteiger partial charge is 0.243 e. The van der Waals surface area contributed by atoms with Gasteiger partial charge in [-0.1, -0.05) is 73.2 Å². The van der Waals surface area contributed by atoms with Crippen LogP contribution >= 0.6 is 0 Å². The summed E-state index contributed by atoms with van der Waals surface area (Å²) >= 11 is 0. The molecule has 9 heteroatoms. The predicted molar refractivity (Wildman–Crippen MR) is 168 cm³/mol. The Hall–Kier alpha value is -3.85. The van der Waals surface area contributed by atoms with Crippen LogP contribution in [0.2, 0.25) is 0 Å². The number of sulfonamides is 1. The Morgan fingerprint density at radius 2 is 1.64 bits per heavy atom. The van der Waals surface area contributed by atoms with E-state index in [9.17, 15) is 18.0 Å². The van der Waals surface area contributed by atoms with Gasteiger partial charge in [0.2, 0.25) is 21.8 Å². The highest BCUT2D eigenvalue weighted by molar-refractivity contribution is 7.92. The van der Waals surface area contributed by atoms with Crippen LogP contribution < -0.4 is 14.4 Å². The number of hydrogen-bond donors (Lipinski definition) is 1. The van der Waals surface area contributed by atoms with Gasteiger partial charge in [0.15, 0.2) is 0 Å². The van der Waals surface area contributed by atoms with E-state index in [4.69, 9.17) is 4.74 Å². The SMILES string of the molecule is CC[C@H](C)NC(=O)[C@@H](Cc1ccccc1)N(Cc1cccc(C)c1)C(=O)CCCN(c1cccc(OC)c1)S(C)(=O)=O. The lowest BCUT2D eigenvalue weighted by Crippen LogP contribution is -2.52. The highest BCUT2D eigenvalue weighted by atomic mass is 32.2. The monoisotopic (exact) mass is 593 g/mol. The molecule has 0 saturated carbocycles. The maximum absolute atomic E-state index is 14.0. The van der Waals surface area contributed by atoms with E-state index in [0.29, 0.717) is 17.9 Å². The number of amides is 2. The molecule has 3 rings (SSSR count). The van der Waals surface area contributed by atoms with Crippen LogP contribution in [0.3, 0.4) is 0 Å². The third-order valence-corrected chi connectivity index (χ3v) is 8.40. The predicted octanol–water partition coefficient (Wildman–Crippen LogP) is 5.10. The molecule has 0 aliphatic carbocycles. The first-order valence-corrected chi connectivity index (χ1v) is 16.2. The number of methoxy groups -OCH3 is 1. The van der Waals surface area contributed by atoms with Crippen molar-refractivity contribution in [1.29, 1.82) is 0 Å². The molecule has 0 heterocycles. The van der Waals surface area contributed by atoms with Crippen LogP contribution in [0.1, 0.15) is 49.8 Å². The number of rotatable bonds is 15. The first-order chi connectivity index (χ1) is 20.0. The quantitative estimate of drug-likeness (QED) is 0.264. The number of anilines is 1. The molecule has 0 saturated heterocycles. The molecule has 226 valence electrons. The number of carbonyl (C=O) groups excluding carboxylic acids is 2. The lowest BCUT2D eigenvalue weighted by atomic mass is 10.0. The van der Waals surface area contributed by atoms with Crippen molar-refractivity contribution in [3.63, 3.8) is 0 Å². The van der Waals surface area contributed by atoms with Crippen molar-refractivity contribution < 1.29 is 22.7 Å². The van der Waals surface area contributed by atoms with Gasteiger partial charge in [0.25, 0.3) is 0 Å². The second kappa shape index (κ2) is 15.4.